The molecule has 0 bridgehead atoms. The molecule has 1 aliphatic carbocycles. The van der Waals surface area contributed by atoms with Crippen LogP contribution >= 0.6 is 0 Å². The third-order valence-electron chi connectivity index (χ3n) is 4.34. The highest BCUT2D eigenvalue weighted by Gasteiger charge is 2.20. The zero-order valence-electron chi connectivity index (χ0n) is 12.9. The van der Waals surface area contributed by atoms with Crippen LogP contribution in [0.2, 0.25) is 0 Å². The van der Waals surface area contributed by atoms with Crippen molar-refractivity contribution in [3.63, 3.8) is 0 Å². The van der Waals surface area contributed by atoms with Crippen LogP contribution in [0.15, 0.2) is 42.5 Å². The summed E-state index contributed by atoms with van der Waals surface area (Å²) < 4.78 is 5.39. The van der Waals surface area contributed by atoms with Crippen molar-refractivity contribution in [1.29, 1.82) is 0 Å². The smallest absolute Gasteiger partial charge is 0.119 e. The molecule has 0 aromatic heterocycles. The molecule has 2 aromatic rings. The van der Waals surface area contributed by atoms with Crippen LogP contribution in [0, 0.1) is 0 Å². The first-order chi connectivity index (χ1) is 10.3. The molecule has 0 fully saturated rings. The molecule has 2 aromatic carbocycles. The highest BCUT2D eigenvalue weighted by Crippen LogP contribution is 2.34. The number of benzene rings is 2. The van der Waals surface area contributed by atoms with Gasteiger partial charge in [-0.3, -0.25) is 0 Å². The first kappa shape index (κ1) is 14.0. The molecular weight excluding hydrogens is 258 g/mol. The fraction of sp³-hybridized carbons (Fsp3) is 0.368. The van der Waals surface area contributed by atoms with E-state index >= 15 is 0 Å². The van der Waals surface area contributed by atoms with Gasteiger partial charge in [0.05, 0.1) is 13.2 Å². The predicted molar refractivity (Wildman–Crippen MR) is 88.1 cm³/mol. The van der Waals surface area contributed by atoms with Gasteiger partial charge >= 0.3 is 0 Å². The summed E-state index contributed by atoms with van der Waals surface area (Å²) in [5.41, 5.74) is 5.44. The highest BCUT2D eigenvalue weighted by molar-refractivity contribution is 5.50. The first-order valence-corrected chi connectivity index (χ1v) is 7.82. The maximum atomic E-state index is 5.39. The molecule has 1 atom stereocenters. The van der Waals surface area contributed by atoms with Gasteiger partial charge < -0.3 is 10.1 Å². The Morgan fingerprint density at radius 2 is 2.10 bits per heavy atom. The van der Waals surface area contributed by atoms with Crippen LogP contribution in [0.25, 0.3) is 0 Å². The Hall–Kier alpha value is -1.96. The van der Waals surface area contributed by atoms with Crippen molar-refractivity contribution in [3.8, 4) is 5.75 Å². The fourth-order valence-electron chi connectivity index (χ4n) is 3.14. The van der Waals surface area contributed by atoms with E-state index in [0.717, 1.165) is 12.2 Å². The minimum absolute atomic E-state index is 0.385. The van der Waals surface area contributed by atoms with Crippen LogP contribution in [0.5, 0.6) is 5.75 Å². The Morgan fingerprint density at radius 3 is 2.90 bits per heavy atom. The van der Waals surface area contributed by atoms with Gasteiger partial charge in [-0.25, -0.2) is 0 Å². The molecule has 0 heterocycles. The largest absolute Gasteiger partial charge is 0.497 e. The maximum absolute atomic E-state index is 5.39. The van der Waals surface area contributed by atoms with Gasteiger partial charge in [-0.2, -0.15) is 0 Å². The van der Waals surface area contributed by atoms with Crippen molar-refractivity contribution < 1.29 is 4.74 Å². The van der Waals surface area contributed by atoms with Gasteiger partial charge in [0.15, 0.2) is 0 Å². The van der Waals surface area contributed by atoms with E-state index in [0.29, 0.717) is 6.04 Å². The topological polar surface area (TPSA) is 21.3 Å². The molecule has 21 heavy (non-hydrogen) atoms. The van der Waals surface area contributed by atoms with Gasteiger partial charge in [-0.15, -0.1) is 0 Å². The van der Waals surface area contributed by atoms with Crippen molar-refractivity contribution in [1.82, 2.24) is 0 Å². The summed E-state index contributed by atoms with van der Waals surface area (Å²) >= 11 is 0. The van der Waals surface area contributed by atoms with Crippen LogP contribution in [0.1, 0.15) is 42.5 Å². The summed E-state index contributed by atoms with van der Waals surface area (Å²) in [6, 6.07) is 15.6. The summed E-state index contributed by atoms with van der Waals surface area (Å²) in [6.07, 6.45) is 4.66. The average Bonchev–Trinajstić information content (AvgIpc) is 2.55. The highest BCUT2D eigenvalue weighted by atomic mass is 16.5. The molecule has 2 nitrogen and oxygen atoms in total. The zero-order valence-corrected chi connectivity index (χ0v) is 12.9. The van der Waals surface area contributed by atoms with Gasteiger partial charge in [0.1, 0.15) is 5.75 Å². The Labute approximate surface area is 127 Å². The summed E-state index contributed by atoms with van der Waals surface area (Å²) in [6.45, 7) is 2.19. The number of hydrogen-bond acceptors (Lipinski definition) is 2. The van der Waals surface area contributed by atoms with E-state index in [1.54, 1.807) is 7.11 Å². The Morgan fingerprint density at radius 1 is 1.19 bits per heavy atom. The van der Waals surface area contributed by atoms with Crippen LogP contribution < -0.4 is 10.1 Å². The molecular formula is C19H23NO. The van der Waals surface area contributed by atoms with Crippen LogP contribution in [0.3, 0.4) is 0 Å². The van der Waals surface area contributed by atoms with Gasteiger partial charge in [0.25, 0.3) is 0 Å². The summed E-state index contributed by atoms with van der Waals surface area (Å²) in [7, 11) is 1.73. The Kier molecular flexibility index (Phi) is 4.14. The third kappa shape index (κ3) is 3.05. The second kappa shape index (κ2) is 6.21. The fourth-order valence-corrected chi connectivity index (χ4v) is 3.14. The molecule has 0 aliphatic heterocycles. The molecule has 2 heteroatoms. The monoisotopic (exact) mass is 281 g/mol. The van der Waals surface area contributed by atoms with E-state index in [1.807, 2.05) is 0 Å². The predicted octanol–water partition coefficient (Wildman–Crippen LogP) is 4.75. The molecule has 110 valence electrons. The summed E-state index contributed by atoms with van der Waals surface area (Å²) in [5.74, 6) is 0.949. The number of anilines is 1. The number of aryl methyl sites for hydroxylation is 2. The SMILES string of the molecule is CCc1cccc(NC2CCCc3ccc(OC)cc32)c1. The normalized spacial score (nSPS) is 17.1. The lowest BCUT2D eigenvalue weighted by Gasteiger charge is -2.28. The minimum Gasteiger partial charge on any atom is -0.497 e. The van der Waals surface area contributed by atoms with Gasteiger partial charge in [0.2, 0.25) is 0 Å². The second-order valence-electron chi connectivity index (χ2n) is 5.71. The van der Waals surface area contributed by atoms with E-state index in [4.69, 9.17) is 4.74 Å². The number of ether oxygens (including phenoxy) is 1. The Balaban J connectivity index is 1.87. The molecule has 1 unspecified atom stereocenters. The standard InChI is InChI=1S/C19H23NO/c1-3-14-6-4-8-16(12-14)20-19-9-5-7-15-10-11-17(21-2)13-18(15)19/h4,6,8,10-13,19-20H,3,5,7,9H2,1-2H3. The molecule has 0 saturated heterocycles. The lowest BCUT2D eigenvalue weighted by molar-refractivity contribution is 0.413. The molecule has 0 spiro atoms. The minimum atomic E-state index is 0.385. The van der Waals surface area contributed by atoms with Crippen molar-refractivity contribution in [2.45, 2.75) is 38.6 Å². The summed E-state index contributed by atoms with van der Waals surface area (Å²) in [4.78, 5) is 0. The van der Waals surface area contributed by atoms with Gasteiger partial charge in [-0.1, -0.05) is 25.1 Å². The van der Waals surface area contributed by atoms with Crippen molar-refractivity contribution in [3.05, 3.63) is 59.2 Å². The van der Waals surface area contributed by atoms with E-state index in [-0.39, 0.29) is 0 Å². The molecule has 1 N–H and O–H groups in total. The van der Waals surface area contributed by atoms with E-state index in [2.05, 4.69) is 54.7 Å². The van der Waals surface area contributed by atoms with Crippen LogP contribution in [-0.4, -0.2) is 7.11 Å². The Bertz CT molecular complexity index is 621. The molecule has 1 aliphatic rings. The number of fused-ring (bicyclic) bond motifs is 1. The van der Waals surface area contributed by atoms with Crippen LogP contribution in [0.4, 0.5) is 5.69 Å². The van der Waals surface area contributed by atoms with Crippen LogP contribution in [-0.2, 0) is 12.8 Å². The third-order valence-corrected chi connectivity index (χ3v) is 4.34. The first-order valence-electron chi connectivity index (χ1n) is 7.82. The van der Waals surface area contributed by atoms with E-state index in [9.17, 15) is 0 Å². The van der Waals surface area contributed by atoms with Crippen molar-refractivity contribution in [2.75, 3.05) is 12.4 Å². The number of methoxy groups -OCH3 is 1. The maximum Gasteiger partial charge on any atom is 0.119 e. The molecule has 3 rings (SSSR count). The lowest BCUT2D eigenvalue weighted by atomic mass is 9.87. The van der Waals surface area contributed by atoms with Gasteiger partial charge in [-0.05, 0) is 66.6 Å². The lowest BCUT2D eigenvalue weighted by Crippen LogP contribution is -2.17. The van der Waals surface area contributed by atoms with E-state index < -0.39 is 0 Å². The summed E-state index contributed by atoms with van der Waals surface area (Å²) in [5, 5.41) is 3.71. The van der Waals surface area contributed by atoms with E-state index in [1.165, 1.54) is 41.6 Å². The molecule has 0 saturated carbocycles. The number of hydrogen-bond donors (Lipinski definition) is 1. The van der Waals surface area contributed by atoms with Crippen molar-refractivity contribution in [2.24, 2.45) is 0 Å². The number of rotatable bonds is 4. The molecule has 0 amide bonds. The second-order valence-corrected chi connectivity index (χ2v) is 5.71. The number of nitrogens with one attached hydrogen (secondary N) is 1. The molecule has 0 radical (unpaired) electrons. The van der Waals surface area contributed by atoms with Gasteiger partial charge in [0, 0.05) is 5.69 Å². The quantitative estimate of drug-likeness (QED) is 0.873. The van der Waals surface area contributed by atoms with Crippen molar-refractivity contribution >= 4 is 5.69 Å². The zero-order chi connectivity index (χ0) is 14.7. The average molecular weight is 281 g/mol.